The molecule has 4 nitrogen and oxygen atoms in total. The highest BCUT2D eigenvalue weighted by molar-refractivity contribution is 7.13. The Balaban J connectivity index is 2.14. The van der Waals surface area contributed by atoms with Crippen LogP contribution in [0.3, 0.4) is 0 Å². The van der Waals surface area contributed by atoms with Gasteiger partial charge in [-0.3, -0.25) is 0 Å². The first-order chi connectivity index (χ1) is 8.72. The molecule has 0 bridgehead atoms. The third-order valence-corrected chi connectivity index (χ3v) is 4.45. The summed E-state index contributed by atoms with van der Waals surface area (Å²) in [5, 5.41) is 9.77. The van der Waals surface area contributed by atoms with Crippen LogP contribution in [0.5, 0.6) is 0 Å². The van der Waals surface area contributed by atoms with Crippen LogP contribution >= 0.6 is 11.3 Å². The molecule has 5 heteroatoms. The van der Waals surface area contributed by atoms with Gasteiger partial charge < -0.3 is 9.84 Å². The maximum Gasteiger partial charge on any atom is 0.347 e. The van der Waals surface area contributed by atoms with E-state index in [1.54, 1.807) is 0 Å². The Morgan fingerprint density at radius 1 is 1.56 bits per heavy atom. The van der Waals surface area contributed by atoms with Crippen LogP contribution in [0, 0.1) is 5.92 Å². The molecule has 0 spiro atoms. The number of hydrogen-bond donors (Lipinski definition) is 1. The Hall–Kier alpha value is -0.940. The van der Waals surface area contributed by atoms with Gasteiger partial charge in [-0.2, -0.15) is 0 Å². The van der Waals surface area contributed by atoms with Gasteiger partial charge in [-0.1, -0.05) is 19.3 Å². The number of carbonyl (C=O) groups is 1. The van der Waals surface area contributed by atoms with Gasteiger partial charge in [0.2, 0.25) is 0 Å². The van der Waals surface area contributed by atoms with Gasteiger partial charge in [-0.15, -0.1) is 11.3 Å². The number of nitrogens with zero attached hydrogens (tertiary/aromatic N) is 1. The summed E-state index contributed by atoms with van der Waals surface area (Å²) in [4.78, 5) is 15.4. The maximum absolute atomic E-state index is 10.9. The summed E-state index contributed by atoms with van der Waals surface area (Å²) in [7, 11) is 0. The molecule has 0 saturated heterocycles. The fourth-order valence-electron chi connectivity index (χ4n) is 2.54. The Labute approximate surface area is 111 Å². The molecular weight excluding hydrogens is 250 g/mol. The third kappa shape index (κ3) is 3.09. The lowest BCUT2D eigenvalue weighted by atomic mass is 9.85. The van der Waals surface area contributed by atoms with Gasteiger partial charge in [0.15, 0.2) is 0 Å². The smallest absolute Gasteiger partial charge is 0.347 e. The topological polar surface area (TPSA) is 59.4 Å². The number of aromatic carboxylic acids is 1. The van der Waals surface area contributed by atoms with Gasteiger partial charge in [0.1, 0.15) is 16.0 Å². The van der Waals surface area contributed by atoms with E-state index in [1.807, 2.05) is 6.92 Å². The van der Waals surface area contributed by atoms with E-state index >= 15 is 0 Å². The van der Waals surface area contributed by atoms with Crippen molar-refractivity contribution >= 4 is 17.3 Å². The summed E-state index contributed by atoms with van der Waals surface area (Å²) in [5.74, 6) is -0.413. The van der Waals surface area contributed by atoms with Crippen molar-refractivity contribution in [2.45, 2.75) is 45.1 Å². The van der Waals surface area contributed by atoms with E-state index in [0.717, 1.165) is 17.8 Å². The normalized spacial score (nSPS) is 18.7. The van der Waals surface area contributed by atoms with Crippen molar-refractivity contribution in [3.63, 3.8) is 0 Å². The Morgan fingerprint density at radius 3 is 2.83 bits per heavy atom. The minimum Gasteiger partial charge on any atom is -0.477 e. The SMILES string of the molecule is CCOC(c1ncc(C(=O)O)s1)C1CCCCC1. The van der Waals surface area contributed by atoms with E-state index in [9.17, 15) is 4.79 Å². The van der Waals surface area contributed by atoms with Crippen molar-refractivity contribution < 1.29 is 14.6 Å². The van der Waals surface area contributed by atoms with Crippen LogP contribution in [0.1, 0.15) is 59.8 Å². The Bertz CT molecular complexity index is 399. The van der Waals surface area contributed by atoms with Crippen LogP contribution in [-0.4, -0.2) is 22.7 Å². The van der Waals surface area contributed by atoms with E-state index in [0.29, 0.717) is 17.4 Å². The number of thiazole rings is 1. The number of ether oxygens (including phenoxy) is 1. The molecule has 18 heavy (non-hydrogen) atoms. The third-order valence-electron chi connectivity index (χ3n) is 3.40. The average Bonchev–Trinajstić information content (AvgIpc) is 2.86. The molecule has 1 saturated carbocycles. The van der Waals surface area contributed by atoms with Crippen molar-refractivity contribution in [1.82, 2.24) is 4.98 Å². The lowest BCUT2D eigenvalue weighted by Crippen LogP contribution is -2.19. The molecule has 1 N–H and O–H groups in total. The average molecular weight is 269 g/mol. The molecule has 2 rings (SSSR count). The second-order valence-electron chi connectivity index (χ2n) is 4.64. The summed E-state index contributed by atoms with van der Waals surface area (Å²) in [5.41, 5.74) is 0. The molecule has 1 aromatic heterocycles. The van der Waals surface area contributed by atoms with Crippen LogP contribution in [0.25, 0.3) is 0 Å². The highest BCUT2D eigenvalue weighted by atomic mass is 32.1. The Kier molecular flexibility index (Phi) is 4.72. The molecule has 1 aliphatic carbocycles. The molecule has 0 aromatic carbocycles. The minimum absolute atomic E-state index is 0.0200. The molecule has 1 unspecified atom stereocenters. The highest BCUT2D eigenvalue weighted by Gasteiger charge is 2.28. The minimum atomic E-state index is -0.905. The lowest BCUT2D eigenvalue weighted by Gasteiger charge is -2.28. The predicted molar refractivity (Wildman–Crippen MR) is 70.0 cm³/mol. The fraction of sp³-hybridized carbons (Fsp3) is 0.692. The summed E-state index contributed by atoms with van der Waals surface area (Å²) >= 11 is 1.25. The number of aromatic nitrogens is 1. The molecule has 1 aromatic rings. The van der Waals surface area contributed by atoms with Gasteiger partial charge in [0.25, 0.3) is 0 Å². The van der Waals surface area contributed by atoms with Crippen molar-refractivity contribution in [3.05, 3.63) is 16.1 Å². The first-order valence-electron chi connectivity index (χ1n) is 6.53. The summed E-state index contributed by atoms with van der Waals surface area (Å²) < 4.78 is 5.82. The number of rotatable bonds is 5. The number of carboxylic acids is 1. The maximum atomic E-state index is 10.9. The summed E-state index contributed by atoms with van der Waals surface area (Å²) in [6.07, 6.45) is 7.52. The zero-order valence-corrected chi connectivity index (χ0v) is 11.4. The van der Waals surface area contributed by atoms with E-state index in [-0.39, 0.29) is 6.10 Å². The van der Waals surface area contributed by atoms with Gasteiger partial charge >= 0.3 is 5.97 Å². The van der Waals surface area contributed by atoms with E-state index in [1.165, 1.54) is 36.8 Å². The molecule has 100 valence electrons. The molecule has 0 radical (unpaired) electrons. The summed E-state index contributed by atoms with van der Waals surface area (Å²) in [6, 6.07) is 0. The van der Waals surface area contributed by atoms with Gasteiger partial charge in [-0.05, 0) is 25.7 Å². The molecular formula is C13H19NO3S. The van der Waals surface area contributed by atoms with Gasteiger partial charge in [-0.25, -0.2) is 9.78 Å². The van der Waals surface area contributed by atoms with Crippen LogP contribution in [0.4, 0.5) is 0 Å². The lowest BCUT2D eigenvalue weighted by molar-refractivity contribution is 0.00551. The first kappa shape index (κ1) is 13.5. The van der Waals surface area contributed by atoms with Crippen LogP contribution < -0.4 is 0 Å². The molecule has 1 heterocycles. The fourth-order valence-corrected chi connectivity index (χ4v) is 3.44. The van der Waals surface area contributed by atoms with Crippen molar-refractivity contribution in [1.29, 1.82) is 0 Å². The molecule has 1 aliphatic rings. The number of carboxylic acid groups (broad SMARTS) is 1. The van der Waals surface area contributed by atoms with E-state index in [4.69, 9.17) is 9.84 Å². The van der Waals surface area contributed by atoms with Gasteiger partial charge in [0, 0.05) is 6.61 Å². The van der Waals surface area contributed by atoms with Crippen molar-refractivity contribution in [2.75, 3.05) is 6.61 Å². The zero-order chi connectivity index (χ0) is 13.0. The van der Waals surface area contributed by atoms with E-state index < -0.39 is 5.97 Å². The molecule has 0 amide bonds. The van der Waals surface area contributed by atoms with Crippen LogP contribution in [0.2, 0.25) is 0 Å². The molecule has 1 fully saturated rings. The van der Waals surface area contributed by atoms with E-state index in [2.05, 4.69) is 4.98 Å². The number of hydrogen-bond acceptors (Lipinski definition) is 4. The predicted octanol–water partition coefficient (Wildman–Crippen LogP) is 3.50. The van der Waals surface area contributed by atoms with Gasteiger partial charge in [0.05, 0.1) is 6.20 Å². The van der Waals surface area contributed by atoms with Crippen molar-refractivity contribution in [3.8, 4) is 0 Å². The van der Waals surface area contributed by atoms with Crippen molar-refractivity contribution in [2.24, 2.45) is 5.92 Å². The van der Waals surface area contributed by atoms with Crippen LogP contribution in [0.15, 0.2) is 6.20 Å². The quantitative estimate of drug-likeness (QED) is 0.888. The summed E-state index contributed by atoms with van der Waals surface area (Å²) in [6.45, 7) is 2.62. The standard InChI is InChI=1S/C13H19NO3S/c1-2-17-11(9-6-4-3-5-7-9)12-14-8-10(18-12)13(15)16/h8-9,11H,2-7H2,1H3,(H,15,16). The Morgan fingerprint density at radius 2 is 2.28 bits per heavy atom. The largest absolute Gasteiger partial charge is 0.477 e. The first-order valence-corrected chi connectivity index (χ1v) is 7.34. The monoisotopic (exact) mass is 269 g/mol. The molecule has 1 atom stereocenters. The molecule has 0 aliphatic heterocycles. The second-order valence-corrected chi connectivity index (χ2v) is 5.70. The zero-order valence-electron chi connectivity index (χ0n) is 10.6. The highest BCUT2D eigenvalue weighted by Crippen LogP contribution is 2.38. The second kappa shape index (κ2) is 6.29. The van der Waals surface area contributed by atoms with Crippen LogP contribution in [-0.2, 0) is 4.74 Å².